The number of hydrogen-bond acceptors (Lipinski definition) is 5. The standard InChI is InChI=1S/C39H59O6P/c1-5-8-24-46(25-9-6-2,26-10-7-3)27-12-11-22-39(31-45-39)30-44-35-19-15-33(16-20-35)38(4,23-21-37(40)41)32-13-17-34(18-14-32)42-28-36-29-43-36/h13-20,36H,5-12,21-31H2,1-4H3/p+1. The molecule has 256 valence electrons. The molecule has 0 radical (unpaired) electrons. The van der Waals surface area contributed by atoms with Gasteiger partial charge >= 0.3 is 5.97 Å². The van der Waals surface area contributed by atoms with E-state index in [9.17, 15) is 9.90 Å². The van der Waals surface area contributed by atoms with Crippen LogP contribution >= 0.6 is 7.26 Å². The predicted octanol–water partition coefficient (Wildman–Crippen LogP) is 9.37. The Morgan fingerprint density at radius 3 is 1.80 bits per heavy atom. The molecule has 6 nitrogen and oxygen atoms in total. The van der Waals surface area contributed by atoms with Crippen LogP contribution in [0.4, 0.5) is 0 Å². The molecule has 3 atom stereocenters. The molecule has 4 rings (SSSR count). The lowest BCUT2D eigenvalue weighted by molar-refractivity contribution is -0.137. The van der Waals surface area contributed by atoms with Crippen molar-refractivity contribution in [1.82, 2.24) is 0 Å². The summed E-state index contributed by atoms with van der Waals surface area (Å²) >= 11 is 0. The molecule has 0 saturated carbocycles. The van der Waals surface area contributed by atoms with Gasteiger partial charge in [-0.25, -0.2) is 0 Å². The highest BCUT2D eigenvalue weighted by molar-refractivity contribution is 7.75. The molecule has 0 spiro atoms. The van der Waals surface area contributed by atoms with Gasteiger partial charge in [0.2, 0.25) is 0 Å². The Bertz CT molecular complexity index is 1150. The second-order valence-corrected chi connectivity index (χ2v) is 18.5. The van der Waals surface area contributed by atoms with Gasteiger partial charge in [0.25, 0.3) is 0 Å². The van der Waals surface area contributed by atoms with E-state index in [1.807, 2.05) is 36.4 Å². The molecule has 3 unspecified atom stereocenters. The van der Waals surface area contributed by atoms with E-state index < -0.39 is 18.6 Å². The van der Waals surface area contributed by atoms with E-state index >= 15 is 0 Å². The Kier molecular flexibility index (Phi) is 14.2. The number of rotatable bonds is 25. The third-order valence-corrected chi connectivity index (χ3v) is 15.2. The van der Waals surface area contributed by atoms with Crippen molar-refractivity contribution in [2.75, 3.05) is 51.1 Å². The quantitative estimate of drug-likeness (QED) is 0.0652. The summed E-state index contributed by atoms with van der Waals surface area (Å²) in [5.74, 6) is 0.833. The van der Waals surface area contributed by atoms with Crippen molar-refractivity contribution in [3.8, 4) is 11.5 Å². The first-order valence-electron chi connectivity index (χ1n) is 18.0. The fraction of sp³-hybridized carbons (Fsp3) is 0.667. The maximum atomic E-state index is 11.6. The first kappa shape index (κ1) is 36.7. The number of hydrogen-bond donors (Lipinski definition) is 1. The van der Waals surface area contributed by atoms with Crippen LogP contribution in [0.1, 0.15) is 109 Å². The van der Waals surface area contributed by atoms with E-state index in [4.69, 9.17) is 18.9 Å². The number of benzene rings is 2. The minimum atomic E-state index is -0.845. The maximum Gasteiger partial charge on any atom is 0.303 e. The van der Waals surface area contributed by atoms with Crippen molar-refractivity contribution in [3.05, 3.63) is 59.7 Å². The molecule has 0 bridgehead atoms. The maximum absolute atomic E-state index is 11.6. The molecule has 2 aromatic rings. The molecule has 2 heterocycles. The number of ether oxygens (including phenoxy) is 4. The van der Waals surface area contributed by atoms with E-state index in [2.05, 4.69) is 39.8 Å². The number of unbranched alkanes of at least 4 members (excludes halogenated alkanes) is 4. The first-order chi connectivity index (χ1) is 22.3. The molecule has 2 aliphatic heterocycles. The molecule has 1 N–H and O–H groups in total. The van der Waals surface area contributed by atoms with Crippen molar-refractivity contribution in [2.45, 2.75) is 115 Å². The van der Waals surface area contributed by atoms with Crippen LogP contribution in [0, 0.1) is 0 Å². The molecule has 2 saturated heterocycles. The first-order valence-corrected chi connectivity index (χ1v) is 20.6. The van der Waals surface area contributed by atoms with Crippen LogP contribution in [0.3, 0.4) is 0 Å². The highest BCUT2D eigenvalue weighted by atomic mass is 31.2. The number of carboxylic acids is 1. The monoisotopic (exact) mass is 655 g/mol. The summed E-state index contributed by atoms with van der Waals surface area (Å²) < 4.78 is 23.3. The zero-order valence-electron chi connectivity index (χ0n) is 29.1. The fourth-order valence-corrected chi connectivity index (χ4v) is 11.9. The van der Waals surface area contributed by atoms with Gasteiger partial charge in [-0.1, -0.05) is 71.2 Å². The van der Waals surface area contributed by atoms with Crippen LogP contribution in [0.15, 0.2) is 48.5 Å². The Labute approximate surface area is 279 Å². The summed E-state index contributed by atoms with van der Waals surface area (Å²) in [7, 11) is -0.845. The molecule has 2 aliphatic rings. The molecule has 0 aromatic heterocycles. The second-order valence-electron chi connectivity index (χ2n) is 14.1. The van der Waals surface area contributed by atoms with Crippen LogP contribution in [0.2, 0.25) is 0 Å². The average molecular weight is 656 g/mol. The van der Waals surface area contributed by atoms with Gasteiger partial charge < -0.3 is 24.1 Å². The molecule has 0 aliphatic carbocycles. The van der Waals surface area contributed by atoms with Crippen LogP contribution in [0.5, 0.6) is 11.5 Å². The minimum Gasteiger partial charge on any atom is -0.491 e. The third-order valence-electron chi connectivity index (χ3n) is 10.2. The van der Waals surface area contributed by atoms with Gasteiger partial charge in [-0.15, -0.1) is 0 Å². The smallest absolute Gasteiger partial charge is 0.303 e. The Balaban J connectivity index is 1.31. The topological polar surface area (TPSA) is 80.8 Å². The Hall–Kier alpha value is -2.14. The van der Waals surface area contributed by atoms with E-state index in [1.54, 1.807) is 0 Å². The van der Waals surface area contributed by atoms with Gasteiger partial charge in [-0.2, -0.15) is 0 Å². The molecule has 2 fully saturated rings. The zero-order chi connectivity index (χ0) is 32.9. The molecule has 7 heteroatoms. The summed E-state index contributed by atoms with van der Waals surface area (Å²) in [4.78, 5) is 11.6. The van der Waals surface area contributed by atoms with Crippen LogP contribution in [0.25, 0.3) is 0 Å². The summed E-state index contributed by atoms with van der Waals surface area (Å²) in [6.45, 7) is 11.8. The SMILES string of the molecule is CCCC[P+](CCCC)(CCCC)CCCCC1(COc2ccc(C(C)(CCC(=O)O)c3ccc(OCC4CO4)cc3)cc2)CO1. The predicted molar refractivity (Wildman–Crippen MR) is 191 cm³/mol. The number of aliphatic carboxylic acids is 1. The number of carboxylic acid groups (broad SMARTS) is 1. The highest BCUT2D eigenvalue weighted by Gasteiger charge is 2.45. The molecule has 46 heavy (non-hydrogen) atoms. The van der Waals surface area contributed by atoms with Gasteiger partial charge in [0.1, 0.15) is 36.4 Å². The van der Waals surface area contributed by atoms with Gasteiger partial charge in [-0.3, -0.25) is 4.79 Å². The van der Waals surface area contributed by atoms with E-state index in [1.165, 1.54) is 76.0 Å². The Morgan fingerprint density at radius 1 is 0.848 bits per heavy atom. The number of epoxide rings is 2. The summed E-state index contributed by atoms with van der Waals surface area (Å²) in [6, 6.07) is 16.2. The zero-order valence-corrected chi connectivity index (χ0v) is 30.0. The van der Waals surface area contributed by atoms with E-state index in [-0.39, 0.29) is 18.1 Å². The molecule has 0 amide bonds. The molecular weight excluding hydrogens is 595 g/mol. The number of carbonyl (C=O) groups is 1. The van der Waals surface area contributed by atoms with Gasteiger partial charge in [-0.05, 0) is 80.3 Å². The van der Waals surface area contributed by atoms with Crippen molar-refractivity contribution >= 4 is 13.2 Å². The van der Waals surface area contributed by atoms with Crippen LogP contribution in [-0.4, -0.2) is 73.9 Å². The lowest BCUT2D eigenvalue weighted by Crippen LogP contribution is -2.25. The highest BCUT2D eigenvalue weighted by Crippen LogP contribution is 2.61. The summed E-state index contributed by atoms with van der Waals surface area (Å²) in [5, 5.41) is 9.50. The summed E-state index contributed by atoms with van der Waals surface area (Å²) in [6.07, 6.45) is 18.5. The van der Waals surface area contributed by atoms with Gasteiger partial charge in [0.05, 0.1) is 37.9 Å². The van der Waals surface area contributed by atoms with E-state index in [0.717, 1.165) is 42.3 Å². The van der Waals surface area contributed by atoms with Crippen molar-refractivity contribution in [2.24, 2.45) is 0 Å². The van der Waals surface area contributed by atoms with Gasteiger partial charge in [0.15, 0.2) is 0 Å². The molecule has 2 aromatic carbocycles. The minimum absolute atomic E-state index is 0.0881. The largest absolute Gasteiger partial charge is 0.491 e. The summed E-state index contributed by atoms with van der Waals surface area (Å²) in [5.41, 5.74) is 1.54. The van der Waals surface area contributed by atoms with Gasteiger partial charge in [0, 0.05) is 19.1 Å². The van der Waals surface area contributed by atoms with Crippen LogP contribution < -0.4 is 9.47 Å². The average Bonchev–Trinajstić information content (AvgIpc) is 4.02. The molecular formula is C39H60O6P+. The second kappa shape index (κ2) is 17.9. The van der Waals surface area contributed by atoms with Crippen molar-refractivity contribution in [3.63, 3.8) is 0 Å². The van der Waals surface area contributed by atoms with Crippen LogP contribution in [-0.2, 0) is 19.7 Å². The van der Waals surface area contributed by atoms with E-state index in [0.29, 0.717) is 19.6 Å². The van der Waals surface area contributed by atoms with Crippen molar-refractivity contribution < 1.29 is 28.8 Å². The third kappa shape index (κ3) is 11.2. The fourth-order valence-electron chi connectivity index (χ4n) is 6.67. The normalized spacial score (nSPS) is 20.2. The van der Waals surface area contributed by atoms with Crippen molar-refractivity contribution in [1.29, 1.82) is 0 Å². The lowest BCUT2D eigenvalue weighted by atomic mass is 9.73. The lowest BCUT2D eigenvalue weighted by Gasteiger charge is -2.31. The Morgan fingerprint density at radius 2 is 1.35 bits per heavy atom.